The first-order chi connectivity index (χ1) is 11.1. The first-order valence-corrected chi connectivity index (χ1v) is 8.07. The fourth-order valence-electron chi connectivity index (χ4n) is 3.06. The maximum absolute atomic E-state index is 6.39. The second-order valence-electron chi connectivity index (χ2n) is 5.91. The molecular weight excluding hydrogens is 314 g/mol. The van der Waals surface area contributed by atoms with Crippen LogP contribution in [0.5, 0.6) is 17.2 Å². The Labute approximate surface area is 140 Å². The Bertz CT molecular complexity index is 775. The highest BCUT2D eigenvalue weighted by Gasteiger charge is 2.23. The second kappa shape index (κ2) is 5.53. The molecule has 0 saturated heterocycles. The largest absolute Gasteiger partial charge is 0.486 e. The van der Waals surface area contributed by atoms with Crippen molar-refractivity contribution in [3.05, 3.63) is 46.0 Å². The fraction of sp³-hybridized carbons (Fsp3) is 0.333. The van der Waals surface area contributed by atoms with Crippen LogP contribution in [0.2, 0.25) is 5.02 Å². The van der Waals surface area contributed by atoms with Crippen LogP contribution in [-0.4, -0.2) is 19.9 Å². The van der Waals surface area contributed by atoms with Gasteiger partial charge in [-0.15, -0.1) is 0 Å². The van der Waals surface area contributed by atoms with Crippen molar-refractivity contribution in [2.24, 2.45) is 0 Å². The molecule has 2 aromatic rings. The van der Waals surface area contributed by atoms with Gasteiger partial charge >= 0.3 is 0 Å². The van der Waals surface area contributed by atoms with E-state index in [9.17, 15) is 0 Å². The highest BCUT2D eigenvalue weighted by atomic mass is 35.5. The number of fused-ring (bicyclic) bond motifs is 2. The van der Waals surface area contributed by atoms with Crippen LogP contribution in [0.25, 0.3) is 0 Å². The van der Waals surface area contributed by atoms with Gasteiger partial charge in [0.05, 0.1) is 6.54 Å². The third kappa shape index (κ3) is 2.47. The van der Waals surface area contributed by atoms with E-state index in [0.717, 1.165) is 51.2 Å². The van der Waals surface area contributed by atoms with Crippen molar-refractivity contribution in [2.75, 3.05) is 24.8 Å². The smallest absolute Gasteiger partial charge is 0.163 e. The van der Waals surface area contributed by atoms with Crippen molar-refractivity contribution < 1.29 is 14.2 Å². The number of anilines is 1. The summed E-state index contributed by atoms with van der Waals surface area (Å²) >= 11 is 6.39. The maximum Gasteiger partial charge on any atom is 0.163 e. The third-order valence-corrected chi connectivity index (χ3v) is 4.97. The minimum atomic E-state index is 0.507. The van der Waals surface area contributed by atoms with E-state index in [0.29, 0.717) is 19.9 Å². The van der Waals surface area contributed by atoms with E-state index >= 15 is 0 Å². The lowest BCUT2D eigenvalue weighted by Gasteiger charge is -2.33. The molecule has 23 heavy (non-hydrogen) atoms. The monoisotopic (exact) mass is 331 g/mol. The topological polar surface area (TPSA) is 30.9 Å². The highest BCUT2D eigenvalue weighted by molar-refractivity contribution is 6.32. The molecule has 0 bridgehead atoms. The van der Waals surface area contributed by atoms with E-state index in [4.69, 9.17) is 25.8 Å². The van der Waals surface area contributed by atoms with Crippen molar-refractivity contribution in [1.29, 1.82) is 0 Å². The predicted molar refractivity (Wildman–Crippen MR) is 90.0 cm³/mol. The van der Waals surface area contributed by atoms with Gasteiger partial charge in [-0.25, -0.2) is 0 Å². The Hall–Kier alpha value is -2.07. The Balaban J connectivity index is 1.67. The number of nitrogens with zero attached hydrogens (tertiary/aromatic N) is 1. The zero-order valence-corrected chi connectivity index (χ0v) is 13.9. The van der Waals surface area contributed by atoms with E-state index < -0.39 is 0 Å². The van der Waals surface area contributed by atoms with E-state index in [2.05, 4.69) is 4.90 Å². The van der Waals surface area contributed by atoms with Gasteiger partial charge in [0.15, 0.2) is 18.2 Å². The van der Waals surface area contributed by atoms with Gasteiger partial charge in [0, 0.05) is 22.3 Å². The van der Waals surface area contributed by atoms with Crippen molar-refractivity contribution >= 4 is 17.3 Å². The van der Waals surface area contributed by atoms with Crippen molar-refractivity contribution in [3.8, 4) is 17.2 Å². The molecule has 0 spiro atoms. The number of ether oxygens (including phenoxy) is 3. The molecule has 4 nitrogen and oxygen atoms in total. The van der Waals surface area contributed by atoms with Gasteiger partial charge in [0.1, 0.15) is 19.0 Å². The minimum absolute atomic E-state index is 0.507. The molecular formula is C18H18ClNO3. The predicted octanol–water partition coefficient (Wildman–Crippen LogP) is 4.08. The Morgan fingerprint density at radius 2 is 1.74 bits per heavy atom. The summed E-state index contributed by atoms with van der Waals surface area (Å²) < 4.78 is 17.2. The molecule has 2 aliphatic heterocycles. The van der Waals surface area contributed by atoms with E-state index in [1.54, 1.807) is 0 Å². The fourth-order valence-corrected chi connectivity index (χ4v) is 3.23. The molecule has 0 aliphatic carbocycles. The van der Waals surface area contributed by atoms with Gasteiger partial charge in [-0.2, -0.15) is 0 Å². The lowest BCUT2D eigenvalue weighted by Crippen LogP contribution is -2.32. The summed E-state index contributed by atoms with van der Waals surface area (Å²) in [7, 11) is 0. The zero-order chi connectivity index (χ0) is 16.0. The van der Waals surface area contributed by atoms with Crippen LogP contribution in [0, 0.1) is 13.8 Å². The maximum atomic E-state index is 6.39. The standard InChI is InChI=1S/C18H18ClNO3/c1-11-7-16-14(12(2)18(11)19)9-20(10-23-16)13-3-4-15-17(8-13)22-6-5-21-15/h3-4,7-8H,5-6,9-10H2,1-2H3. The summed E-state index contributed by atoms with van der Waals surface area (Å²) in [6.45, 7) is 6.51. The lowest BCUT2D eigenvalue weighted by molar-refractivity contribution is 0.171. The van der Waals surface area contributed by atoms with Crippen LogP contribution in [-0.2, 0) is 6.54 Å². The molecule has 120 valence electrons. The number of aryl methyl sites for hydroxylation is 1. The number of hydrogen-bond donors (Lipinski definition) is 0. The Morgan fingerprint density at radius 1 is 0.957 bits per heavy atom. The van der Waals surface area contributed by atoms with Gasteiger partial charge in [-0.1, -0.05) is 11.6 Å². The minimum Gasteiger partial charge on any atom is -0.486 e. The first kappa shape index (κ1) is 14.5. The van der Waals surface area contributed by atoms with Crippen molar-refractivity contribution in [3.63, 3.8) is 0 Å². The van der Waals surface area contributed by atoms with Gasteiger partial charge in [0.2, 0.25) is 0 Å². The molecule has 0 unspecified atom stereocenters. The van der Waals surface area contributed by atoms with Crippen LogP contribution in [0.1, 0.15) is 16.7 Å². The molecule has 2 heterocycles. The molecule has 2 aromatic carbocycles. The van der Waals surface area contributed by atoms with Gasteiger partial charge in [-0.05, 0) is 43.2 Å². The molecule has 0 atom stereocenters. The van der Waals surface area contributed by atoms with Gasteiger partial charge in [-0.3, -0.25) is 0 Å². The first-order valence-electron chi connectivity index (χ1n) is 7.69. The molecule has 0 fully saturated rings. The van der Waals surface area contributed by atoms with E-state index in [-0.39, 0.29) is 0 Å². The molecule has 5 heteroatoms. The third-order valence-electron chi connectivity index (χ3n) is 4.39. The van der Waals surface area contributed by atoms with Crippen LogP contribution in [0.15, 0.2) is 24.3 Å². The number of benzene rings is 2. The average Bonchev–Trinajstić information content (AvgIpc) is 2.59. The highest BCUT2D eigenvalue weighted by Crippen LogP contribution is 2.38. The average molecular weight is 332 g/mol. The summed E-state index contributed by atoms with van der Waals surface area (Å²) in [5.74, 6) is 2.52. The van der Waals surface area contributed by atoms with Crippen LogP contribution in [0.4, 0.5) is 5.69 Å². The molecule has 0 amide bonds. The molecule has 2 aliphatic rings. The number of hydrogen-bond acceptors (Lipinski definition) is 4. The number of rotatable bonds is 1. The molecule has 0 radical (unpaired) electrons. The van der Waals surface area contributed by atoms with Crippen LogP contribution in [0.3, 0.4) is 0 Å². The Kier molecular flexibility index (Phi) is 3.49. The summed E-state index contributed by atoms with van der Waals surface area (Å²) in [4.78, 5) is 2.17. The van der Waals surface area contributed by atoms with Gasteiger partial charge in [0.25, 0.3) is 0 Å². The molecule has 0 aromatic heterocycles. The number of halogens is 1. The lowest BCUT2D eigenvalue weighted by atomic mass is 10.0. The normalized spacial score (nSPS) is 15.9. The molecule has 0 saturated carbocycles. The van der Waals surface area contributed by atoms with Crippen molar-refractivity contribution in [2.45, 2.75) is 20.4 Å². The summed E-state index contributed by atoms with van der Waals surface area (Å²) in [5, 5.41) is 0.816. The second-order valence-corrected chi connectivity index (χ2v) is 6.29. The van der Waals surface area contributed by atoms with Crippen LogP contribution < -0.4 is 19.1 Å². The van der Waals surface area contributed by atoms with E-state index in [1.807, 2.05) is 38.1 Å². The summed E-state index contributed by atoms with van der Waals surface area (Å²) in [6, 6.07) is 8.01. The molecule has 0 N–H and O–H groups in total. The molecule has 4 rings (SSSR count). The van der Waals surface area contributed by atoms with Crippen LogP contribution >= 0.6 is 11.6 Å². The summed E-state index contributed by atoms with van der Waals surface area (Å²) in [5.41, 5.74) is 4.33. The van der Waals surface area contributed by atoms with Crippen molar-refractivity contribution in [1.82, 2.24) is 0 Å². The quantitative estimate of drug-likeness (QED) is 0.787. The van der Waals surface area contributed by atoms with E-state index in [1.165, 1.54) is 0 Å². The zero-order valence-electron chi connectivity index (χ0n) is 13.2. The van der Waals surface area contributed by atoms with Gasteiger partial charge < -0.3 is 19.1 Å². The SMILES string of the molecule is Cc1cc2c(c(C)c1Cl)CN(c1ccc3c(c1)OCCO3)CO2. The Morgan fingerprint density at radius 3 is 2.57 bits per heavy atom. The summed E-state index contributed by atoms with van der Waals surface area (Å²) in [6.07, 6.45) is 0.